The Bertz CT molecular complexity index is 451. The summed E-state index contributed by atoms with van der Waals surface area (Å²) in [7, 11) is 0. The molecular formula is C10H5ClF3N. The van der Waals surface area contributed by atoms with Crippen LogP contribution in [0.4, 0.5) is 13.2 Å². The molecule has 0 fully saturated rings. The second-order valence-corrected chi connectivity index (χ2v) is 3.18. The van der Waals surface area contributed by atoms with E-state index in [0.29, 0.717) is 0 Å². The first-order chi connectivity index (χ1) is 6.97. The van der Waals surface area contributed by atoms with Gasteiger partial charge in [-0.25, -0.2) is 13.2 Å². The third-order valence-corrected chi connectivity index (χ3v) is 2.24. The van der Waals surface area contributed by atoms with Crippen molar-refractivity contribution in [2.75, 3.05) is 0 Å². The van der Waals surface area contributed by atoms with Gasteiger partial charge in [0.1, 0.15) is 0 Å². The molecule has 0 aliphatic carbocycles. The highest BCUT2D eigenvalue weighted by Crippen LogP contribution is 2.25. The Hall–Kier alpha value is -1.47. The second-order valence-electron chi connectivity index (χ2n) is 2.80. The number of allylic oxidation sites excluding steroid dienone is 1. The molecule has 0 unspecified atom stereocenters. The van der Waals surface area contributed by atoms with Crippen LogP contribution in [0.1, 0.15) is 12.5 Å². The maximum atomic E-state index is 12.8. The van der Waals surface area contributed by atoms with Gasteiger partial charge in [0.05, 0.1) is 11.1 Å². The van der Waals surface area contributed by atoms with E-state index in [2.05, 4.69) is 0 Å². The van der Waals surface area contributed by atoms with E-state index in [1.807, 2.05) is 0 Å². The van der Waals surface area contributed by atoms with E-state index >= 15 is 0 Å². The second kappa shape index (κ2) is 4.37. The molecule has 1 nitrogen and oxygen atoms in total. The molecule has 1 aromatic rings. The zero-order chi connectivity index (χ0) is 11.6. The molecule has 0 spiro atoms. The lowest BCUT2D eigenvalue weighted by atomic mass is 10.1. The minimum atomic E-state index is -1.56. The average Bonchev–Trinajstić information content (AvgIpc) is 2.23. The molecule has 1 aromatic carbocycles. The Morgan fingerprint density at radius 3 is 2.13 bits per heavy atom. The molecule has 0 heterocycles. The highest BCUT2D eigenvalue weighted by Gasteiger charge is 2.13. The first-order valence-electron chi connectivity index (χ1n) is 3.88. The van der Waals surface area contributed by atoms with Crippen molar-refractivity contribution in [3.63, 3.8) is 0 Å². The molecule has 0 aliphatic rings. The van der Waals surface area contributed by atoms with Gasteiger partial charge in [-0.05, 0) is 19.1 Å². The summed E-state index contributed by atoms with van der Waals surface area (Å²) in [6.45, 7) is 1.39. The fourth-order valence-electron chi connectivity index (χ4n) is 0.948. The molecule has 15 heavy (non-hydrogen) atoms. The number of nitriles is 1. The number of hydrogen-bond donors (Lipinski definition) is 0. The average molecular weight is 232 g/mol. The van der Waals surface area contributed by atoms with Crippen molar-refractivity contribution in [2.24, 2.45) is 0 Å². The SMILES string of the molecule is CC(C#N)=C(Cl)c1cc(F)c(F)c(F)c1. The summed E-state index contributed by atoms with van der Waals surface area (Å²) in [5.41, 5.74) is 0.0363. The monoisotopic (exact) mass is 231 g/mol. The molecule has 0 N–H and O–H groups in total. The van der Waals surface area contributed by atoms with Crippen LogP contribution in [0.5, 0.6) is 0 Å². The quantitative estimate of drug-likeness (QED) is 0.535. The van der Waals surface area contributed by atoms with Crippen molar-refractivity contribution in [3.05, 3.63) is 40.7 Å². The summed E-state index contributed by atoms with van der Waals surface area (Å²) in [6.07, 6.45) is 0. The van der Waals surface area contributed by atoms with E-state index in [4.69, 9.17) is 16.9 Å². The molecule has 0 atom stereocenters. The van der Waals surface area contributed by atoms with Crippen molar-refractivity contribution >= 4 is 16.6 Å². The lowest BCUT2D eigenvalue weighted by Gasteiger charge is -2.02. The number of hydrogen-bond acceptors (Lipinski definition) is 1. The van der Waals surface area contributed by atoms with Crippen LogP contribution >= 0.6 is 11.6 Å². The molecule has 0 radical (unpaired) electrons. The standard InChI is InChI=1S/C10H5ClF3N/c1-5(4-15)9(11)6-2-7(12)10(14)8(13)3-6/h2-3H,1H3. The van der Waals surface area contributed by atoms with E-state index in [1.165, 1.54) is 6.92 Å². The van der Waals surface area contributed by atoms with Crippen LogP contribution in [0.3, 0.4) is 0 Å². The summed E-state index contributed by atoms with van der Waals surface area (Å²) < 4.78 is 38.2. The van der Waals surface area contributed by atoms with E-state index in [-0.39, 0.29) is 16.2 Å². The van der Waals surface area contributed by atoms with Gasteiger partial charge >= 0.3 is 0 Å². The Morgan fingerprint density at radius 1 is 1.27 bits per heavy atom. The lowest BCUT2D eigenvalue weighted by molar-refractivity contribution is 0.447. The van der Waals surface area contributed by atoms with Crippen LogP contribution in [-0.2, 0) is 0 Å². The first kappa shape index (κ1) is 11.6. The highest BCUT2D eigenvalue weighted by molar-refractivity contribution is 6.49. The lowest BCUT2D eigenvalue weighted by Crippen LogP contribution is -1.93. The van der Waals surface area contributed by atoms with Crippen molar-refractivity contribution < 1.29 is 13.2 Å². The molecule has 78 valence electrons. The zero-order valence-electron chi connectivity index (χ0n) is 7.61. The van der Waals surface area contributed by atoms with E-state index < -0.39 is 17.5 Å². The third kappa shape index (κ3) is 2.31. The van der Waals surface area contributed by atoms with Gasteiger partial charge in [-0.3, -0.25) is 0 Å². The predicted octanol–water partition coefficient (Wildman–Crippen LogP) is 3.60. The van der Waals surface area contributed by atoms with Crippen LogP contribution in [0.25, 0.3) is 5.03 Å². The summed E-state index contributed by atoms with van der Waals surface area (Å²) in [5, 5.41) is 8.40. The molecule has 0 bridgehead atoms. The largest absolute Gasteiger partial charge is 0.204 e. The van der Waals surface area contributed by atoms with Gasteiger partial charge in [0.15, 0.2) is 17.5 Å². The Morgan fingerprint density at radius 2 is 1.73 bits per heavy atom. The zero-order valence-corrected chi connectivity index (χ0v) is 8.37. The number of nitrogens with zero attached hydrogens (tertiary/aromatic N) is 1. The van der Waals surface area contributed by atoms with Gasteiger partial charge in [0.2, 0.25) is 0 Å². The smallest absolute Gasteiger partial charge is 0.194 e. The van der Waals surface area contributed by atoms with Crippen LogP contribution in [0.15, 0.2) is 17.7 Å². The fraction of sp³-hybridized carbons (Fsp3) is 0.100. The fourth-order valence-corrected chi connectivity index (χ4v) is 1.10. The van der Waals surface area contributed by atoms with Crippen molar-refractivity contribution in [3.8, 4) is 6.07 Å². The van der Waals surface area contributed by atoms with Crippen molar-refractivity contribution in [1.29, 1.82) is 5.26 Å². The van der Waals surface area contributed by atoms with E-state index in [1.54, 1.807) is 6.07 Å². The van der Waals surface area contributed by atoms with Gasteiger partial charge in [-0.1, -0.05) is 11.6 Å². The maximum Gasteiger partial charge on any atom is 0.194 e. The summed E-state index contributed by atoms with van der Waals surface area (Å²) in [6, 6.07) is 3.20. The summed E-state index contributed by atoms with van der Waals surface area (Å²) in [4.78, 5) is 0. The van der Waals surface area contributed by atoms with E-state index in [0.717, 1.165) is 12.1 Å². The molecule has 0 saturated heterocycles. The van der Waals surface area contributed by atoms with Crippen LogP contribution in [0, 0.1) is 28.8 Å². The minimum absolute atomic E-state index is 0.0629. The van der Waals surface area contributed by atoms with Gasteiger partial charge in [-0.2, -0.15) is 5.26 Å². The third-order valence-electron chi connectivity index (χ3n) is 1.73. The summed E-state index contributed by atoms with van der Waals surface area (Å²) >= 11 is 5.65. The topological polar surface area (TPSA) is 23.8 Å². The maximum absolute atomic E-state index is 12.8. The normalized spacial score (nSPS) is 12.0. The first-order valence-corrected chi connectivity index (χ1v) is 4.26. The Balaban J connectivity index is 3.37. The molecular weight excluding hydrogens is 227 g/mol. The molecule has 0 saturated carbocycles. The van der Waals surface area contributed by atoms with Crippen LogP contribution in [-0.4, -0.2) is 0 Å². The van der Waals surface area contributed by atoms with Gasteiger partial charge in [-0.15, -0.1) is 0 Å². The predicted molar refractivity (Wildman–Crippen MR) is 50.4 cm³/mol. The number of benzene rings is 1. The molecule has 5 heteroatoms. The molecule has 0 aliphatic heterocycles. The Labute approximate surface area is 89.4 Å². The van der Waals surface area contributed by atoms with Crippen molar-refractivity contribution in [2.45, 2.75) is 6.92 Å². The summed E-state index contributed by atoms with van der Waals surface area (Å²) in [5.74, 6) is -4.24. The molecule has 0 amide bonds. The van der Waals surface area contributed by atoms with Gasteiger partial charge in [0, 0.05) is 11.1 Å². The van der Waals surface area contributed by atoms with Gasteiger partial charge in [0.25, 0.3) is 0 Å². The number of rotatable bonds is 1. The van der Waals surface area contributed by atoms with Crippen molar-refractivity contribution in [1.82, 2.24) is 0 Å². The number of halogens is 4. The molecule has 1 rings (SSSR count). The minimum Gasteiger partial charge on any atom is -0.204 e. The molecule has 0 aromatic heterocycles. The van der Waals surface area contributed by atoms with Gasteiger partial charge < -0.3 is 0 Å². The highest BCUT2D eigenvalue weighted by atomic mass is 35.5. The van der Waals surface area contributed by atoms with Crippen LogP contribution in [0.2, 0.25) is 0 Å². The Kier molecular flexibility index (Phi) is 3.38. The van der Waals surface area contributed by atoms with Crippen LogP contribution < -0.4 is 0 Å². The van der Waals surface area contributed by atoms with E-state index in [9.17, 15) is 13.2 Å².